The molecule has 3 fully saturated rings. The Balaban J connectivity index is 0.984. The van der Waals surface area contributed by atoms with Crippen LogP contribution < -0.4 is 14.5 Å². The SMILES string of the molecule is O=C(c1cccc(N2CCCC2=O)c1)N1CCC(Oc2cccc(CN3CCN(c4ccccn4)CC3)c2)CC1. The number of piperazine rings is 1. The number of piperidine rings is 1. The van der Waals surface area contributed by atoms with Gasteiger partial charge in [-0.3, -0.25) is 14.5 Å². The van der Waals surface area contributed by atoms with E-state index in [0.29, 0.717) is 25.1 Å². The monoisotopic (exact) mass is 539 g/mol. The van der Waals surface area contributed by atoms with Crippen LogP contribution in [0.15, 0.2) is 72.9 Å². The molecule has 0 radical (unpaired) electrons. The van der Waals surface area contributed by atoms with Crippen molar-refractivity contribution in [1.82, 2.24) is 14.8 Å². The second kappa shape index (κ2) is 12.1. The van der Waals surface area contributed by atoms with Gasteiger partial charge in [0.15, 0.2) is 0 Å². The normalized spacial score (nSPS) is 18.8. The van der Waals surface area contributed by atoms with Crippen LogP contribution in [-0.2, 0) is 11.3 Å². The second-order valence-electron chi connectivity index (χ2n) is 10.9. The van der Waals surface area contributed by atoms with Crippen LogP contribution in [0.25, 0.3) is 0 Å². The second-order valence-corrected chi connectivity index (χ2v) is 10.9. The molecular formula is C32H37N5O3. The third-order valence-electron chi connectivity index (χ3n) is 8.16. The first-order valence-corrected chi connectivity index (χ1v) is 14.5. The highest BCUT2D eigenvalue weighted by Crippen LogP contribution is 2.25. The Morgan fingerprint density at radius 1 is 0.875 bits per heavy atom. The maximum atomic E-state index is 13.2. The number of aromatic nitrogens is 1. The Kier molecular flexibility index (Phi) is 7.95. The molecule has 8 heteroatoms. The number of carbonyl (C=O) groups excluding carboxylic acids is 2. The molecule has 0 saturated carbocycles. The number of rotatable bonds is 7. The van der Waals surface area contributed by atoms with Crippen molar-refractivity contribution >= 4 is 23.3 Å². The van der Waals surface area contributed by atoms with Gasteiger partial charge in [0.2, 0.25) is 5.91 Å². The summed E-state index contributed by atoms with van der Waals surface area (Å²) >= 11 is 0. The predicted molar refractivity (Wildman–Crippen MR) is 156 cm³/mol. The van der Waals surface area contributed by atoms with E-state index in [1.54, 1.807) is 4.90 Å². The van der Waals surface area contributed by atoms with Crippen molar-refractivity contribution in [2.24, 2.45) is 0 Å². The van der Waals surface area contributed by atoms with Gasteiger partial charge in [0.05, 0.1) is 0 Å². The van der Waals surface area contributed by atoms with E-state index in [0.717, 1.165) is 75.8 Å². The van der Waals surface area contributed by atoms with E-state index in [1.807, 2.05) is 53.6 Å². The molecule has 0 unspecified atom stereocenters. The lowest BCUT2D eigenvalue weighted by Gasteiger charge is -2.35. The Labute approximate surface area is 236 Å². The van der Waals surface area contributed by atoms with Crippen molar-refractivity contribution in [3.05, 3.63) is 84.1 Å². The molecule has 3 aliphatic rings. The third-order valence-corrected chi connectivity index (χ3v) is 8.16. The van der Waals surface area contributed by atoms with Gasteiger partial charge < -0.3 is 19.4 Å². The summed E-state index contributed by atoms with van der Waals surface area (Å²) in [4.78, 5) is 38.4. The molecule has 0 atom stereocenters. The topological polar surface area (TPSA) is 69.2 Å². The van der Waals surface area contributed by atoms with Crippen molar-refractivity contribution in [2.75, 3.05) is 55.6 Å². The van der Waals surface area contributed by atoms with Crippen molar-refractivity contribution in [3.63, 3.8) is 0 Å². The fourth-order valence-electron chi connectivity index (χ4n) is 5.93. The lowest BCUT2D eigenvalue weighted by molar-refractivity contribution is -0.117. The smallest absolute Gasteiger partial charge is 0.253 e. The van der Waals surface area contributed by atoms with Gasteiger partial charge in [0.1, 0.15) is 17.7 Å². The van der Waals surface area contributed by atoms with Crippen LogP contribution in [0.4, 0.5) is 11.5 Å². The molecule has 0 aliphatic carbocycles. The number of ether oxygens (including phenoxy) is 1. The zero-order chi connectivity index (χ0) is 27.3. The van der Waals surface area contributed by atoms with Crippen LogP contribution in [0.1, 0.15) is 41.6 Å². The Morgan fingerprint density at radius 2 is 1.70 bits per heavy atom. The minimum Gasteiger partial charge on any atom is -0.490 e. The minimum absolute atomic E-state index is 0.0251. The van der Waals surface area contributed by atoms with Crippen LogP contribution in [0.5, 0.6) is 5.75 Å². The molecule has 6 rings (SSSR count). The highest BCUT2D eigenvalue weighted by Gasteiger charge is 2.27. The van der Waals surface area contributed by atoms with E-state index >= 15 is 0 Å². The number of nitrogens with zero attached hydrogens (tertiary/aromatic N) is 5. The molecule has 0 N–H and O–H groups in total. The molecule has 40 heavy (non-hydrogen) atoms. The van der Waals surface area contributed by atoms with Gasteiger partial charge in [-0.15, -0.1) is 0 Å². The minimum atomic E-state index is 0.0251. The Morgan fingerprint density at radius 3 is 2.45 bits per heavy atom. The van der Waals surface area contributed by atoms with Gasteiger partial charge in [0, 0.05) is 89.1 Å². The molecule has 1 aromatic heterocycles. The summed E-state index contributed by atoms with van der Waals surface area (Å²) in [6, 6.07) is 22.0. The summed E-state index contributed by atoms with van der Waals surface area (Å²) in [5, 5.41) is 0. The number of hydrogen-bond donors (Lipinski definition) is 0. The number of pyridine rings is 1. The summed E-state index contributed by atoms with van der Waals surface area (Å²) in [5.41, 5.74) is 2.72. The summed E-state index contributed by atoms with van der Waals surface area (Å²) < 4.78 is 6.38. The van der Waals surface area contributed by atoms with Crippen molar-refractivity contribution in [3.8, 4) is 5.75 Å². The van der Waals surface area contributed by atoms with Crippen LogP contribution in [-0.4, -0.2) is 78.5 Å². The van der Waals surface area contributed by atoms with E-state index in [2.05, 4.69) is 39.0 Å². The Hall–Kier alpha value is -3.91. The summed E-state index contributed by atoms with van der Waals surface area (Å²) in [7, 11) is 0. The van der Waals surface area contributed by atoms with Gasteiger partial charge >= 0.3 is 0 Å². The zero-order valence-electron chi connectivity index (χ0n) is 23.0. The molecule has 8 nitrogen and oxygen atoms in total. The fourth-order valence-corrected chi connectivity index (χ4v) is 5.93. The molecule has 3 aliphatic heterocycles. The quantitative estimate of drug-likeness (QED) is 0.448. The van der Waals surface area contributed by atoms with Crippen LogP contribution >= 0.6 is 0 Å². The maximum Gasteiger partial charge on any atom is 0.253 e. The van der Waals surface area contributed by atoms with Crippen molar-refractivity contribution < 1.29 is 14.3 Å². The van der Waals surface area contributed by atoms with Gasteiger partial charge in [-0.25, -0.2) is 4.98 Å². The van der Waals surface area contributed by atoms with Gasteiger partial charge in [-0.1, -0.05) is 24.3 Å². The third kappa shape index (κ3) is 6.12. The summed E-state index contributed by atoms with van der Waals surface area (Å²) in [6.07, 6.45) is 5.00. The number of benzene rings is 2. The van der Waals surface area contributed by atoms with E-state index in [-0.39, 0.29) is 17.9 Å². The maximum absolute atomic E-state index is 13.2. The number of amides is 2. The molecule has 208 valence electrons. The summed E-state index contributed by atoms with van der Waals surface area (Å²) in [6.45, 7) is 6.92. The van der Waals surface area contributed by atoms with Crippen LogP contribution in [0, 0.1) is 0 Å². The van der Waals surface area contributed by atoms with Crippen molar-refractivity contribution in [1.29, 1.82) is 0 Å². The number of anilines is 2. The molecule has 3 aromatic rings. The molecule has 3 saturated heterocycles. The first-order chi connectivity index (χ1) is 19.6. The fraction of sp³-hybridized carbons (Fsp3) is 0.406. The van der Waals surface area contributed by atoms with E-state index < -0.39 is 0 Å². The number of likely N-dealkylation sites (tertiary alicyclic amines) is 1. The zero-order valence-corrected chi connectivity index (χ0v) is 23.0. The first-order valence-electron chi connectivity index (χ1n) is 14.5. The predicted octanol–water partition coefficient (Wildman–Crippen LogP) is 4.21. The van der Waals surface area contributed by atoms with Gasteiger partial charge in [0.25, 0.3) is 5.91 Å². The largest absolute Gasteiger partial charge is 0.490 e. The molecule has 2 aromatic carbocycles. The average molecular weight is 540 g/mol. The van der Waals surface area contributed by atoms with Gasteiger partial charge in [-0.2, -0.15) is 0 Å². The van der Waals surface area contributed by atoms with E-state index in [4.69, 9.17) is 4.74 Å². The molecule has 4 heterocycles. The molecule has 0 spiro atoms. The molecular weight excluding hydrogens is 502 g/mol. The highest BCUT2D eigenvalue weighted by atomic mass is 16.5. The van der Waals surface area contributed by atoms with Crippen molar-refractivity contribution in [2.45, 2.75) is 38.3 Å². The van der Waals surface area contributed by atoms with Crippen LogP contribution in [0.3, 0.4) is 0 Å². The molecule has 2 amide bonds. The molecule has 0 bridgehead atoms. The van der Waals surface area contributed by atoms with Gasteiger partial charge in [-0.05, 0) is 54.4 Å². The Bertz CT molecular complexity index is 1320. The standard InChI is InChI=1S/C32H37N5O3/c38-31-11-5-15-37(31)27-8-4-7-26(23-27)32(39)36-16-12-28(13-17-36)40-29-9-3-6-25(22-29)24-34-18-20-35(21-19-34)30-10-1-2-14-33-30/h1-4,6-10,14,22-23,28H,5,11-13,15-21,24H2. The van der Waals surface area contributed by atoms with Crippen LogP contribution in [0.2, 0.25) is 0 Å². The summed E-state index contributed by atoms with van der Waals surface area (Å²) in [5.74, 6) is 2.11. The average Bonchev–Trinajstić information content (AvgIpc) is 3.44. The lowest BCUT2D eigenvalue weighted by Crippen LogP contribution is -2.46. The number of hydrogen-bond acceptors (Lipinski definition) is 6. The van der Waals surface area contributed by atoms with E-state index in [9.17, 15) is 9.59 Å². The highest BCUT2D eigenvalue weighted by molar-refractivity contribution is 5.99. The number of carbonyl (C=O) groups is 2. The lowest BCUT2D eigenvalue weighted by atomic mass is 10.1. The van der Waals surface area contributed by atoms with E-state index in [1.165, 1.54) is 5.56 Å². The first kappa shape index (κ1) is 26.3.